The molecule has 0 saturated carbocycles. The molecule has 0 saturated heterocycles. The highest BCUT2D eigenvalue weighted by Gasteiger charge is 2.12. The van der Waals surface area contributed by atoms with Crippen molar-refractivity contribution in [1.29, 1.82) is 0 Å². The van der Waals surface area contributed by atoms with Gasteiger partial charge in [0.2, 0.25) is 5.91 Å². The number of rotatable bonds is 8. The Morgan fingerprint density at radius 1 is 1.39 bits per heavy atom. The average molecular weight is 278 g/mol. The molecule has 1 atom stereocenters. The van der Waals surface area contributed by atoms with E-state index >= 15 is 0 Å². The molecule has 104 valence electrons. The third kappa shape index (κ3) is 8.82. The number of hydrogen-bond acceptors (Lipinski definition) is 5. The zero-order chi connectivity index (χ0) is 14.0. The Kier molecular flexibility index (Phi) is 9.03. The third-order valence-electron chi connectivity index (χ3n) is 1.87. The van der Waals surface area contributed by atoms with E-state index in [9.17, 15) is 14.4 Å². The van der Waals surface area contributed by atoms with Crippen molar-refractivity contribution in [3.05, 3.63) is 0 Å². The van der Waals surface area contributed by atoms with Gasteiger partial charge in [0.1, 0.15) is 0 Å². The van der Waals surface area contributed by atoms with Crippen LogP contribution in [0.4, 0.5) is 4.79 Å². The lowest BCUT2D eigenvalue weighted by molar-refractivity contribution is -0.140. The number of hydrogen-bond donors (Lipinski definition) is 3. The lowest BCUT2D eigenvalue weighted by Crippen LogP contribution is -2.41. The van der Waals surface area contributed by atoms with Gasteiger partial charge in [-0.1, -0.05) is 6.92 Å². The van der Waals surface area contributed by atoms with Crippen molar-refractivity contribution < 1.29 is 24.2 Å². The topological polar surface area (TPSA) is 105 Å². The van der Waals surface area contributed by atoms with Crippen molar-refractivity contribution in [2.45, 2.75) is 6.92 Å². The number of imide groups is 1. The maximum Gasteiger partial charge on any atom is 0.321 e. The Balaban J connectivity index is 3.64. The molecule has 0 rings (SSSR count). The van der Waals surface area contributed by atoms with Crippen molar-refractivity contribution in [3.63, 3.8) is 0 Å². The Morgan fingerprint density at radius 2 is 2.06 bits per heavy atom. The number of carbonyl (C=O) groups is 3. The summed E-state index contributed by atoms with van der Waals surface area (Å²) in [6.45, 7) is 2.25. The molecule has 0 aliphatic heterocycles. The molecule has 3 amide bonds. The number of ether oxygens (including phenoxy) is 1. The fraction of sp³-hybridized carbons (Fsp3) is 0.700. The maximum atomic E-state index is 11.3. The van der Waals surface area contributed by atoms with Gasteiger partial charge in [0.05, 0.1) is 18.3 Å². The number of amides is 3. The Hall–Kier alpha value is -1.28. The molecule has 0 fully saturated rings. The summed E-state index contributed by atoms with van der Waals surface area (Å²) < 4.78 is 4.72. The van der Waals surface area contributed by atoms with Crippen LogP contribution >= 0.6 is 11.8 Å². The van der Waals surface area contributed by atoms with Gasteiger partial charge < -0.3 is 15.2 Å². The molecular weight excluding hydrogens is 260 g/mol. The van der Waals surface area contributed by atoms with Crippen LogP contribution in [-0.4, -0.2) is 54.8 Å². The maximum absolute atomic E-state index is 11.3. The van der Waals surface area contributed by atoms with Crippen molar-refractivity contribution in [1.82, 2.24) is 10.6 Å². The highest BCUT2D eigenvalue weighted by Crippen LogP contribution is 2.07. The summed E-state index contributed by atoms with van der Waals surface area (Å²) in [7, 11) is 1.50. The molecule has 0 bridgehead atoms. The van der Waals surface area contributed by atoms with Gasteiger partial charge in [0, 0.05) is 19.4 Å². The number of urea groups is 1. The van der Waals surface area contributed by atoms with Crippen molar-refractivity contribution in [2.24, 2.45) is 5.92 Å². The minimum atomic E-state index is -0.903. The zero-order valence-corrected chi connectivity index (χ0v) is 11.2. The summed E-state index contributed by atoms with van der Waals surface area (Å²) >= 11 is 1.17. The highest BCUT2D eigenvalue weighted by molar-refractivity contribution is 7.99. The normalized spacial score (nSPS) is 11.7. The third-order valence-corrected chi connectivity index (χ3v) is 3.07. The molecule has 3 N–H and O–H groups in total. The van der Waals surface area contributed by atoms with Crippen LogP contribution in [0.15, 0.2) is 0 Å². The molecular formula is C10H18N2O5S. The number of carboxylic acids is 1. The predicted octanol–water partition coefficient (Wildman–Crippen LogP) is -0.0875. The fourth-order valence-corrected chi connectivity index (χ4v) is 1.74. The van der Waals surface area contributed by atoms with E-state index in [-0.39, 0.29) is 5.75 Å². The number of carboxylic acid groups (broad SMARTS) is 1. The molecule has 0 spiro atoms. The molecule has 0 aromatic rings. The minimum absolute atomic E-state index is 0.0509. The molecule has 0 aliphatic carbocycles. The van der Waals surface area contributed by atoms with Gasteiger partial charge in [-0.05, 0) is 0 Å². The number of nitrogens with one attached hydrogen (secondary N) is 2. The van der Waals surface area contributed by atoms with E-state index in [0.717, 1.165) is 0 Å². The van der Waals surface area contributed by atoms with Crippen molar-refractivity contribution in [2.75, 3.05) is 31.8 Å². The first-order valence-electron chi connectivity index (χ1n) is 5.34. The van der Waals surface area contributed by atoms with Crippen LogP contribution in [0.1, 0.15) is 6.92 Å². The summed E-state index contributed by atoms with van der Waals surface area (Å²) in [4.78, 5) is 32.9. The van der Waals surface area contributed by atoms with Gasteiger partial charge in [-0.3, -0.25) is 14.9 Å². The van der Waals surface area contributed by atoms with E-state index in [4.69, 9.17) is 9.84 Å². The number of methoxy groups -OCH3 is 1. The van der Waals surface area contributed by atoms with E-state index < -0.39 is 23.8 Å². The second-order valence-corrected chi connectivity index (χ2v) is 4.58. The summed E-state index contributed by atoms with van der Waals surface area (Å²) in [6, 6.07) is -0.580. The SMILES string of the molecule is COCCNC(=O)NC(=O)CSCC(C)C(=O)O. The molecule has 7 nitrogen and oxygen atoms in total. The van der Waals surface area contributed by atoms with Crippen LogP contribution in [0.3, 0.4) is 0 Å². The summed E-state index contributed by atoms with van der Waals surface area (Å²) in [5.41, 5.74) is 0. The van der Waals surface area contributed by atoms with E-state index in [1.807, 2.05) is 0 Å². The van der Waals surface area contributed by atoms with Crippen LogP contribution in [0.5, 0.6) is 0 Å². The van der Waals surface area contributed by atoms with Crippen LogP contribution in [0.2, 0.25) is 0 Å². The monoisotopic (exact) mass is 278 g/mol. The average Bonchev–Trinajstić information content (AvgIpc) is 2.28. The first-order chi connectivity index (χ1) is 8.47. The molecule has 1 unspecified atom stereocenters. The number of thioether (sulfide) groups is 1. The minimum Gasteiger partial charge on any atom is -0.481 e. The molecule has 0 radical (unpaired) electrons. The van der Waals surface area contributed by atoms with Gasteiger partial charge >= 0.3 is 12.0 Å². The van der Waals surface area contributed by atoms with E-state index in [2.05, 4.69) is 10.6 Å². The first kappa shape index (κ1) is 16.7. The van der Waals surface area contributed by atoms with Crippen LogP contribution in [0.25, 0.3) is 0 Å². The number of aliphatic carboxylic acids is 1. The van der Waals surface area contributed by atoms with Gasteiger partial charge in [-0.2, -0.15) is 11.8 Å². The lowest BCUT2D eigenvalue weighted by Gasteiger charge is -2.07. The highest BCUT2D eigenvalue weighted by atomic mass is 32.2. The van der Waals surface area contributed by atoms with E-state index in [1.165, 1.54) is 18.9 Å². The molecule has 0 aromatic heterocycles. The van der Waals surface area contributed by atoms with Gasteiger partial charge in [0.15, 0.2) is 0 Å². The molecule has 18 heavy (non-hydrogen) atoms. The number of carbonyl (C=O) groups excluding carboxylic acids is 2. The standard InChI is InChI=1S/C10H18N2O5S/c1-7(9(14)15)5-18-6-8(13)12-10(16)11-3-4-17-2/h7H,3-6H2,1-2H3,(H,14,15)(H2,11,12,13,16). The summed E-state index contributed by atoms with van der Waals surface area (Å²) in [5, 5.41) is 13.2. The Bertz CT molecular complexity index is 298. The zero-order valence-electron chi connectivity index (χ0n) is 10.4. The van der Waals surface area contributed by atoms with E-state index in [0.29, 0.717) is 18.9 Å². The molecule has 0 aliphatic rings. The smallest absolute Gasteiger partial charge is 0.321 e. The molecule has 8 heteroatoms. The molecule has 0 aromatic carbocycles. The molecule has 0 heterocycles. The summed E-state index contributed by atoms with van der Waals surface area (Å²) in [6.07, 6.45) is 0. The van der Waals surface area contributed by atoms with Crippen LogP contribution in [-0.2, 0) is 14.3 Å². The van der Waals surface area contributed by atoms with Crippen molar-refractivity contribution >= 4 is 29.7 Å². The van der Waals surface area contributed by atoms with E-state index in [1.54, 1.807) is 6.92 Å². The van der Waals surface area contributed by atoms with Crippen molar-refractivity contribution in [3.8, 4) is 0 Å². The van der Waals surface area contributed by atoms with Crippen LogP contribution < -0.4 is 10.6 Å². The Labute approximate surface area is 110 Å². The van der Waals surface area contributed by atoms with Gasteiger partial charge in [-0.15, -0.1) is 0 Å². The fourth-order valence-electron chi connectivity index (χ4n) is 0.873. The second-order valence-electron chi connectivity index (χ2n) is 3.55. The van der Waals surface area contributed by atoms with Gasteiger partial charge in [-0.25, -0.2) is 4.79 Å². The summed E-state index contributed by atoms with van der Waals surface area (Å²) in [5.74, 6) is -1.49. The first-order valence-corrected chi connectivity index (χ1v) is 6.50. The second kappa shape index (κ2) is 9.72. The largest absolute Gasteiger partial charge is 0.481 e. The van der Waals surface area contributed by atoms with Crippen LogP contribution in [0, 0.1) is 5.92 Å². The lowest BCUT2D eigenvalue weighted by atomic mass is 10.2. The van der Waals surface area contributed by atoms with Gasteiger partial charge in [0.25, 0.3) is 0 Å². The Morgan fingerprint density at radius 3 is 2.61 bits per heavy atom. The quantitative estimate of drug-likeness (QED) is 0.536. The predicted molar refractivity (Wildman–Crippen MR) is 67.5 cm³/mol.